The summed E-state index contributed by atoms with van der Waals surface area (Å²) in [5.74, 6) is 0.478. The van der Waals surface area contributed by atoms with E-state index in [2.05, 4.69) is 98.7 Å². The van der Waals surface area contributed by atoms with Crippen molar-refractivity contribution in [1.29, 1.82) is 0 Å². The first-order valence-electron chi connectivity index (χ1n) is 11.7. The molecule has 0 spiro atoms. The Morgan fingerprint density at radius 2 is 1.21 bits per heavy atom. The van der Waals surface area contributed by atoms with E-state index in [0.29, 0.717) is 18.8 Å². The van der Waals surface area contributed by atoms with Gasteiger partial charge in [0.2, 0.25) is 8.32 Å². The maximum absolute atomic E-state index is 13.3. The zero-order chi connectivity index (χ0) is 26.7. The third kappa shape index (κ3) is 13.5. The van der Waals surface area contributed by atoms with Crippen molar-refractivity contribution in [3.63, 3.8) is 0 Å². The fourth-order valence-electron chi connectivity index (χ4n) is 3.42. The van der Waals surface area contributed by atoms with Crippen molar-refractivity contribution >= 4 is 45.8 Å². The van der Waals surface area contributed by atoms with E-state index in [1.807, 2.05) is 6.92 Å². The molecule has 0 aliphatic rings. The summed E-state index contributed by atoms with van der Waals surface area (Å²) >= 11 is 0. The van der Waals surface area contributed by atoms with Gasteiger partial charge in [-0.25, -0.2) is 7.26 Å². The standard InChI is InChI=1S/C24H56O5S3Si/c1-22(2,3)20-24(7,23(4,5)6)21(25)26-18-17-19-32(27-30(8,9)10,28-31(11,12)13)29-33(14,15)16/h17-20H2,1-16H3. The summed E-state index contributed by atoms with van der Waals surface area (Å²) in [4.78, 5) is 13.3. The zero-order valence-electron chi connectivity index (χ0n) is 24.6. The van der Waals surface area contributed by atoms with Crippen LogP contribution >= 0.6 is 31.5 Å². The number of ether oxygens (including phenoxy) is 1. The Hall–Kier alpha value is 0.617. The van der Waals surface area contributed by atoms with E-state index in [0.717, 1.165) is 6.42 Å². The molecule has 0 aliphatic heterocycles. The molecule has 5 nitrogen and oxygen atoms in total. The predicted molar refractivity (Wildman–Crippen MR) is 157 cm³/mol. The normalized spacial score (nSPS) is 17.9. The molecule has 0 radical (unpaired) electrons. The van der Waals surface area contributed by atoms with Crippen molar-refractivity contribution in [3.8, 4) is 0 Å². The topological polar surface area (TPSA) is 54.0 Å². The molecule has 0 aromatic rings. The van der Waals surface area contributed by atoms with Gasteiger partial charge in [0.05, 0.1) is 28.6 Å². The Labute approximate surface area is 212 Å². The van der Waals surface area contributed by atoms with Gasteiger partial charge in [0.1, 0.15) is 0 Å². The highest BCUT2D eigenvalue weighted by Gasteiger charge is 2.48. The van der Waals surface area contributed by atoms with Crippen molar-refractivity contribution in [2.75, 3.05) is 49.9 Å². The van der Waals surface area contributed by atoms with E-state index in [-0.39, 0.29) is 16.8 Å². The second-order valence-corrected chi connectivity index (χ2v) is 28.3. The Kier molecular flexibility index (Phi) is 11.6. The van der Waals surface area contributed by atoms with Crippen LogP contribution in [-0.4, -0.2) is 64.2 Å². The molecule has 0 saturated carbocycles. The Morgan fingerprint density at radius 3 is 1.52 bits per heavy atom. The highest BCUT2D eigenvalue weighted by molar-refractivity contribution is 8.42. The van der Waals surface area contributed by atoms with E-state index in [4.69, 9.17) is 15.9 Å². The van der Waals surface area contributed by atoms with Gasteiger partial charge < -0.3 is 8.61 Å². The van der Waals surface area contributed by atoms with E-state index in [1.165, 1.54) is 0 Å². The average molecular weight is 549 g/mol. The fourth-order valence-corrected chi connectivity index (χ4v) is 13.8. The lowest BCUT2D eigenvalue weighted by Gasteiger charge is -2.50. The molecule has 0 amide bonds. The Morgan fingerprint density at radius 1 is 0.788 bits per heavy atom. The molecule has 0 aliphatic carbocycles. The van der Waals surface area contributed by atoms with Crippen LogP contribution in [0.5, 0.6) is 0 Å². The molecule has 0 rings (SSSR count). The van der Waals surface area contributed by atoms with Gasteiger partial charge in [-0.3, -0.25) is 4.79 Å². The number of carbonyl (C=O) groups is 1. The Bertz CT molecular complexity index is 596. The number of carbonyl (C=O) groups excluding carboxylic acids is 1. The van der Waals surface area contributed by atoms with Gasteiger partial charge in [0, 0.05) is 0 Å². The molecule has 1 atom stereocenters. The van der Waals surface area contributed by atoms with E-state index < -0.39 is 45.2 Å². The molecule has 0 aromatic carbocycles. The largest absolute Gasteiger partial charge is 0.465 e. The molecule has 0 heterocycles. The smallest absolute Gasteiger partial charge is 0.312 e. The minimum Gasteiger partial charge on any atom is -0.465 e. The van der Waals surface area contributed by atoms with Crippen molar-refractivity contribution in [3.05, 3.63) is 0 Å². The van der Waals surface area contributed by atoms with Crippen LogP contribution in [0.1, 0.15) is 61.3 Å². The van der Waals surface area contributed by atoms with Crippen LogP contribution in [0.3, 0.4) is 0 Å². The lowest BCUT2D eigenvalue weighted by Crippen LogP contribution is -2.44. The van der Waals surface area contributed by atoms with E-state index in [1.54, 1.807) is 0 Å². The summed E-state index contributed by atoms with van der Waals surface area (Å²) < 4.78 is 25.8. The van der Waals surface area contributed by atoms with Gasteiger partial charge in [0.15, 0.2) is 0 Å². The molecule has 0 aromatic heterocycles. The van der Waals surface area contributed by atoms with E-state index in [9.17, 15) is 4.79 Å². The average Bonchev–Trinajstić information content (AvgIpc) is 2.42. The van der Waals surface area contributed by atoms with Crippen LogP contribution in [0.25, 0.3) is 0 Å². The highest BCUT2D eigenvalue weighted by atomic mass is 32.4. The SMILES string of the molecule is CC(C)(C)CC(C)(C(=O)OCCCS(O[Si](C)(C)C)(OS(C)(C)C)OS(C)(C)C)C(C)(C)C. The molecule has 1 unspecified atom stereocenters. The van der Waals surface area contributed by atoms with Crippen molar-refractivity contribution < 1.29 is 20.7 Å². The summed E-state index contributed by atoms with van der Waals surface area (Å²) in [7, 11) is -6.82. The van der Waals surface area contributed by atoms with Gasteiger partial charge in [-0.1, -0.05) is 41.5 Å². The van der Waals surface area contributed by atoms with Gasteiger partial charge in [-0.05, 0) is 87.8 Å². The van der Waals surface area contributed by atoms with Gasteiger partial charge in [0.25, 0.3) is 0 Å². The zero-order valence-corrected chi connectivity index (χ0v) is 28.0. The van der Waals surface area contributed by atoms with Crippen molar-refractivity contribution in [2.24, 2.45) is 16.2 Å². The molecule has 9 heteroatoms. The van der Waals surface area contributed by atoms with E-state index >= 15 is 0 Å². The van der Waals surface area contributed by atoms with Crippen LogP contribution in [-0.2, 0) is 20.7 Å². The molecule has 33 heavy (non-hydrogen) atoms. The minimum absolute atomic E-state index is 0.0260. The lowest BCUT2D eigenvalue weighted by molar-refractivity contribution is -0.164. The van der Waals surface area contributed by atoms with Crippen LogP contribution in [0.2, 0.25) is 19.6 Å². The summed E-state index contributed by atoms with van der Waals surface area (Å²) in [5.41, 5.74) is -0.745. The molecule has 0 bridgehead atoms. The first kappa shape index (κ1) is 33.6. The van der Waals surface area contributed by atoms with Crippen LogP contribution in [0.4, 0.5) is 0 Å². The number of hydrogen-bond acceptors (Lipinski definition) is 5. The summed E-state index contributed by atoms with van der Waals surface area (Å²) in [6.45, 7) is 21.8. The fraction of sp³-hybridized carbons (Fsp3) is 0.958. The third-order valence-corrected chi connectivity index (χ3v) is 13.5. The molecular formula is C24H56O5S3Si. The number of esters is 1. The van der Waals surface area contributed by atoms with Gasteiger partial charge in [-0.2, -0.15) is 0 Å². The lowest BCUT2D eigenvalue weighted by atomic mass is 9.61. The second kappa shape index (κ2) is 11.3. The minimum atomic E-state index is -2.22. The summed E-state index contributed by atoms with van der Waals surface area (Å²) in [6.07, 6.45) is 14.1. The monoisotopic (exact) mass is 548 g/mol. The van der Waals surface area contributed by atoms with Crippen LogP contribution in [0, 0.1) is 16.2 Å². The highest BCUT2D eigenvalue weighted by Crippen LogP contribution is 2.69. The summed E-state index contributed by atoms with van der Waals surface area (Å²) in [5, 5.41) is 0. The Balaban J connectivity index is 5.62. The van der Waals surface area contributed by atoms with Gasteiger partial charge in [-0.15, -0.1) is 20.6 Å². The van der Waals surface area contributed by atoms with Crippen molar-refractivity contribution in [1.82, 2.24) is 0 Å². The third-order valence-electron chi connectivity index (χ3n) is 4.75. The summed E-state index contributed by atoms with van der Waals surface area (Å²) in [6, 6.07) is 0. The second-order valence-electron chi connectivity index (χ2n) is 13.9. The molecule has 0 saturated heterocycles. The maximum atomic E-state index is 13.3. The molecule has 204 valence electrons. The number of rotatable bonds is 12. The van der Waals surface area contributed by atoms with Gasteiger partial charge >= 0.3 is 5.97 Å². The predicted octanol–water partition coefficient (Wildman–Crippen LogP) is 8.06. The first-order valence-corrected chi connectivity index (χ1v) is 22.2. The molecule has 0 N–H and O–H groups in total. The number of hydrogen-bond donors (Lipinski definition) is 0. The quantitative estimate of drug-likeness (QED) is 0.140. The first-order chi connectivity index (χ1) is 14.2. The maximum Gasteiger partial charge on any atom is 0.312 e. The molecule has 0 fully saturated rings. The van der Waals surface area contributed by atoms with Crippen LogP contribution in [0.15, 0.2) is 0 Å². The van der Waals surface area contributed by atoms with Crippen molar-refractivity contribution in [2.45, 2.75) is 80.9 Å². The molecular weight excluding hydrogens is 493 g/mol. The van der Waals surface area contributed by atoms with Crippen LogP contribution < -0.4 is 0 Å².